The van der Waals surface area contributed by atoms with Crippen molar-refractivity contribution in [3.8, 4) is 11.3 Å². The Labute approximate surface area is 188 Å². The summed E-state index contributed by atoms with van der Waals surface area (Å²) in [6.07, 6.45) is -4.18. The Morgan fingerprint density at radius 1 is 1.15 bits per heavy atom. The van der Waals surface area contributed by atoms with Gasteiger partial charge in [0.05, 0.1) is 18.3 Å². The molecule has 1 saturated heterocycles. The van der Waals surface area contributed by atoms with Crippen LogP contribution in [-0.2, 0) is 22.1 Å². The molecular formula is C22H24F4N4O3. The average Bonchev–Trinajstić information content (AvgIpc) is 3.12. The Bertz CT molecular complexity index is 1010. The number of aryl methyl sites for hydroxylation is 1. The second-order valence-electron chi connectivity index (χ2n) is 8.77. The molecule has 11 heteroatoms. The summed E-state index contributed by atoms with van der Waals surface area (Å²) in [5, 5.41) is 0. The Morgan fingerprint density at radius 2 is 1.88 bits per heavy atom. The van der Waals surface area contributed by atoms with Crippen LogP contribution < -0.4 is 0 Å². The van der Waals surface area contributed by atoms with Gasteiger partial charge in [-0.05, 0) is 45.4 Å². The maximum Gasteiger partial charge on any atom is 0.433 e. The molecule has 0 aliphatic carbocycles. The summed E-state index contributed by atoms with van der Waals surface area (Å²) in [6.45, 7) is 4.85. The predicted octanol–water partition coefficient (Wildman–Crippen LogP) is 4.41. The second kappa shape index (κ2) is 9.40. The first-order chi connectivity index (χ1) is 15.3. The molecule has 2 aromatic rings. The monoisotopic (exact) mass is 468 g/mol. The molecule has 3 heterocycles. The van der Waals surface area contributed by atoms with E-state index in [0.717, 1.165) is 17.2 Å². The number of alkyl halides is 4. The normalized spacial score (nSPS) is 18.9. The average molecular weight is 468 g/mol. The van der Waals surface area contributed by atoms with Crippen molar-refractivity contribution in [3.05, 3.63) is 42.1 Å². The van der Waals surface area contributed by atoms with Crippen molar-refractivity contribution < 1.29 is 31.9 Å². The number of carbonyl (C=O) groups excluding carboxylic acids is 2. The summed E-state index contributed by atoms with van der Waals surface area (Å²) in [5.41, 5.74) is -0.585. The van der Waals surface area contributed by atoms with Crippen molar-refractivity contribution in [1.29, 1.82) is 0 Å². The van der Waals surface area contributed by atoms with Gasteiger partial charge in [0.1, 0.15) is 23.8 Å². The molecule has 0 N–H and O–H groups in total. The Balaban J connectivity index is 1.66. The number of carbonyl (C=O) groups is 2. The number of rotatable bonds is 5. The fourth-order valence-corrected chi connectivity index (χ4v) is 3.44. The maximum atomic E-state index is 14.0. The maximum absolute atomic E-state index is 14.0. The van der Waals surface area contributed by atoms with Gasteiger partial charge in [-0.15, -0.1) is 0 Å². The van der Waals surface area contributed by atoms with E-state index < -0.39 is 35.8 Å². The summed E-state index contributed by atoms with van der Waals surface area (Å²) >= 11 is 0. The predicted molar refractivity (Wildman–Crippen MR) is 110 cm³/mol. The highest BCUT2D eigenvalue weighted by Gasteiger charge is 2.41. The third-order valence-electron chi connectivity index (χ3n) is 4.95. The molecule has 1 amide bonds. The third kappa shape index (κ3) is 6.45. The molecule has 0 saturated carbocycles. The highest BCUT2D eigenvalue weighted by Crippen LogP contribution is 2.29. The smallest absolute Gasteiger partial charge is 0.433 e. The number of hydrogen-bond acceptors (Lipinski definition) is 6. The van der Waals surface area contributed by atoms with Crippen LogP contribution in [0.25, 0.3) is 11.3 Å². The molecule has 7 nitrogen and oxygen atoms in total. The summed E-state index contributed by atoms with van der Waals surface area (Å²) in [5.74, 6) is -0.322. The molecule has 0 radical (unpaired) electrons. The van der Waals surface area contributed by atoms with Crippen LogP contribution in [0.1, 0.15) is 45.0 Å². The van der Waals surface area contributed by atoms with Gasteiger partial charge >= 0.3 is 12.3 Å². The van der Waals surface area contributed by atoms with Gasteiger partial charge in [-0.25, -0.2) is 19.2 Å². The first-order valence-corrected chi connectivity index (χ1v) is 10.3. The summed E-state index contributed by atoms with van der Waals surface area (Å²) in [7, 11) is 0. The van der Waals surface area contributed by atoms with Crippen LogP contribution in [0.4, 0.5) is 22.4 Å². The molecule has 0 unspecified atom stereocenters. The summed E-state index contributed by atoms with van der Waals surface area (Å²) < 4.78 is 57.4. The van der Waals surface area contributed by atoms with Crippen LogP contribution in [-0.4, -0.2) is 56.1 Å². The van der Waals surface area contributed by atoms with E-state index in [1.54, 1.807) is 26.8 Å². The highest BCUT2D eigenvalue weighted by molar-refractivity contribution is 5.88. The lowest BCUT2D eigenvalue weighted by Gasteiger charge is -2.27. The Hall–Kier alpha value is -3.11. The van der Waals surface area contributed by atoms with E-state index in [1.165, 1.54) is 12.4 Å². The van der Waals surface area contributed by atoms with Crippen LogP contribution in [0.5, 0.6) is 0 Å². The van der Waals surface area contributed by atoms with Gasteiger partial charge in [0.25, 0.3) is 0 Å². The van der Waals surface area contributed by atoms with Gasteiger partial charge in [0.15, 0.2) is 5.78 Å². The van der Waals surface area contributed by atoms with Crippen molar-refractivity contribution in [2.45, 2.75) is 64.0 Å². The Morgan fingerprint density at radius 3 is 2.48 bits per heavy atom. The highest BCUT2D eigenvalue weighted by atomic mass is 19.4. The standard InChI is InChI=1S/C22H24F4N4O3/c1-21(2,3)33-20(32)30-11-14(23)8-17(30)18(31)6-5-15-9-16(29-12-28-15)13-4-7-19(27-10-13)22(24,25)26/h4,7,9-10,12,14,17H,5-6,8,11H2,1-3H3/t14-,17+/m1/s1. The molecule has 2 aromatic heterocycles. The quantitative estimate of drug-likeness (QED) is 0.605. The zero-order valence-electron chi connectivity index (χ0n) is 18.4. The molecule has 178 valence electrons. The zero-order valence-corrected chi connectivity index (χ0v) is 18.4. The second-order valence-corrected chi connectivity index (χ2v) is 8.77. The number of ether oxygens (including phenoxy) is 1. The van der Waals surface area contributed by atoms with Gasteiger partial charge in [0, 0.05) is 30.3 Å². The van der Waals surface area contributed by atoms with Crippen molar-refractivity contribution in [1.82, 2.24) is 19.9 Å². The number of ketones is 1. The number of nitrogens with zero attached hydrogens (tertiary/aromatic N) is 4. The number of halogens is 4. The zero-order chi connectivity index (χ0) is 24.4. The summed E-state index contributed by atoms with van der Waals surface area (Å²) in [6, 6.07) is 2.75. The number of hydrogen-bond donors (Lipinski definition) is 0. The van der Waals surface area contributed by atoms with Gasteiger partial charge < -0.3 is 4.74 Å². The van der Waals surface area contributed by atoms with Crippen molar-refractivity contribution in [2.75, 3.05) is 6.54 Å². The van der Waals surface area contributed by atoms with Gasteiger partial charge in [-0.3, -0.25) is 14.7 Å². The first-order valence-electron chi connectivity index (χ1n) is 10.3. The number of likely N-dealkylation sites (tertiary alicyclic amines) is 1. The number of pyridine rings is 1. The Kier molecular flexibility index (Phi) is 6.99. The lowest BCUT2D eigenvalue weighted by atomic mass is 10.0. The molecule has 1 aliphatic heterocycles. The minimum absolute atomic E-state index is 0.00159. The van der Waals surface area contributed by atoms with Crippen LogP contribution in [0.2, 0.25) is 0 Å². The fourth-order valence-electron chi connectivity index (χ4n) is 3.44. The molecule has 33 heavy (non-hydrogen) atoms. The van der Waals surface area contributed by atoms with E-state index >= 15 is 0 Å². The minimum Gasteiger partial charge on any atom is -0.444 e. The molecule has 0 aromatic carbocycles. The third-order valence-corrected chi connectivity index (χ3v) is 4.95. The molecule has 3 rings (SSSR count). The van der Waals surface area contributed by atoms with Crippen molar-refractivity contribution in [2.24, 2.45) is 0 Å². The molecule has 0 spiro atoms. The molecule has 1 fully saturated rings. The van der Waals surface area contributed by atoms with E-state index in [2.05, 4.69) is 15.0 Å². The van der Waals surface area contributed by atoms with Crippen LogP contribution in [0.3, 0.4) is 0 Å². The van der Waals surface area contributed by atoms with Gasteiger partial charge in [0.2, 0.25) is 0 Å². The molecule has 1 aliphatic rings. The lowest BCUT2D eigenvalue weighted by molar-refractivity contribution is -0.141. The molecule has 2 atom stereocenters. The molecule has 0 bridgehead atoms. The van der Waals surface area contributed by atoms with Gasteiger partial charge in [-0.1, -0.05) is 0 Å². The SMILES string of the molecule is CC(C)(C)OC(=O)N1C[C@H](F)C[C@H]1C(=O)CCc1cc(-c2ccc(C(F)(F)F)nc2)ncn1. The largest absolute Gasteiger partial charge is 0.444 e. The lowest BCUT2D eigenvalue weighted by Crippen LogP contribution is -2.43. The van der Waals surface area contributed by atoms with Crippen molar-refractivity contribution in [3.63, 3.8) is 0 Å². The minimum atomic E-state index is -4.54. The fraction of sp³-hybridized carbons (Fsp3) is 0.500. The topological polar surface area (TPSA) is 85.3 Å². The van der Waals surface area contributed by atoms with E-state index in [4.69, 9.17) is 4.74 Å². The van der Waals surface area contributed by atoms with E-state index in [-0.39, 0.29) is 31.6 Å². The number of aromatic nitrogens is 3. The van der Waals surface area contributed by atoms with Crippen molar-refractivity contribution >= 4 is 11.9 Å². The summed E-state index contributed by atoms with van der Waals surface area (Å²) in [4.78, 5) is 37.8. The first kappa shape index (κ1) is 24.5. The van der Waals surface area contributed by atoms with Crippen LogP contribution >= 0.6 is 0 Å². The van der Waals surface area contributed by atoms with Crippen LogP contribution in [0.15, 0.2) is 30.7 Å². The number of Topliss-reactive ketones (excluding diaryl/α,β-unsaturated/α-hetero) is 1. The molecular weight excluding hydrogens is 444 g/mol. The number of amides is 1. The van der Waals surface area contributed by atoms with Crippen LogP contribution in [0, 0.1) is 0 Å². The van der Waals surface area contributed by atoms with E-state index in [9.17, 15) is 27.2 Å². The van der Waals surface area contributed by atoms with Gasteiger partial charge in [-0.2, -0.15) is 13.2 Å². The van der Waals surface area contributed by atoms with E-state index in [0.29, 0.717) is 17.0 Å². The van der Waals surface area contributed by atoms with E-state index in [1.807, 2.05) is 0 Å².